The van der Waals surface area contributed by atoms with Crippen LogP contribution in [0.2, 0.25) is 0 Å². The van der Waals surface area contributed by atoms with Gasteiger partial charge in [0, 0.05) is 24.7 Å². The van der Waals surface area contributed by atoms with E-state index in [1.807, 2.05) is 4.90 Å². The summed E-state index contributed by atoms with van der Waals surface area (Å²) in [5.74, 6) is -9.40. The van der Waals surface area contributed by atoms with Gasteiger partial charge >= 0.3 is 6.18 Å². The molecule has 1 aliphatic rings. The van der Waals surface area contributed by atoms with Crippen molar-refractivity contribution in [2.75, 3.05) is 23.4 Å². The molecule has 2 aromatic rings. The molecule has 6 nitrogen and oxygen atoms in total. The number of nitrogens with zero attached hydrogens (tertiary/aromatic N) is 3. The highest BCUT2D eigenvalue weighted by Gasteiger charge is 2.42. The molecule has 1 fully saturated rings. The summed E-state index contributed by atoms with van der Waals surface area (Å²) < 4.78 is 93.1. The van der Waals surface area contributed by atoms with Crippen LogP contribution in [0.25, 0.3) is 0 Å². The minimum absolute atomic E-state index is 0.0944. The van der Waals surface area contributed by atoms with Crippen LogP contribution in [0.1, 0.15) is 30.9 Å². The van der Waals surface area contributed by atoms with Gasteiger partial charge in [0.2, 0.25) is 0 Å². The van der Waals surface area contributed by atoms with Crippen molar-refractivity contribution in [1.29, 1.82) is 0 Å². The van der Waals surface area contributed by atoms with E-state index in [1.165, 1.54) is 12.1 Å². The largest absolute Gasteiger partial charge is 0.422 e. The predicted molar refractivity (Wildman–Crippen MR) is 106 cm³/mol. The first-order chi connectivity index (χ1) is 15.4. The summed E-state index contributed by atoms with van der Waals surface area (Å²) in [6.07, 6.45) is -3.07. The quantitative estimate of drug-likeness (QED) is 0.192. The van der Waals surface area contributed by atoms with Crippen molar-refractivity contribution in [2.45, 2.75) is 25.9 Å². The first-order valence-electron chi connectivity index (χ1n) is 9.67. The van der Waals surface area contributed by atoms with Crippen LogP contribution in [-0.2, 0) is 6.18 Å². The van der Waals surface area contributed by atoms with Crippen LogP contribution in [0, 0.1) is 39.3 Å². The first-order valence-corrected chi connectivity index (χ1v) is 9.67. The van der Waals surface area contributed by atoms with E-state index in [0.717, 1.165) is 25.1 Å². The molecule has 0 atom stereocenters. The number of hydrogen-bond acceptors (Lipinski definition) is 5. The third-order valence-electron chi connectivity index (χ3n) is 5.26. The van der Waals surface area contributed by atoms with Crippen LogP contribution in [0.3, 0.4) is 0 Å². The molecule has 0 radical (unpaired) electrons. The van der Waals surface area contributed by atoms with Crippen LogP contribution in [0.15, 0.2) is 23.3 Å². The van der Waals surface area contributed by atoms with Gasteiger partial charge in [0.15, 0.2) is 23.3 Å². The number of alkyl halides is 3. The average molecular weight is 478 g/mol. The third-order valence-corrected chi connectivity index (χ3v) is 5.26. The number of piperidine rings is 1. The zero-order valence-electron chi connectivity index (χ0n) is 17.0. The number of benzene rings is 2. The second-order valence-electron chi connectivity index (χ2n) is 7.55. The molecule has 0 bridgehead atoms. The first kappa shape index (κ1) is 24.3. The molecule has 0 aromatic heterocycles. The lowest BCUT2D eigenvalue weighted by Gasteiger charge is -2.31. The van der Waals surface area contributed by atoms with Gasteiger partial charge in [0.25, 0.3) is 5.69 Å². The fourth-order valence-electron chi connectivity index (χ4n) is 3.43. The number of halogens is 7. The lowest BCUT2D eigenvalue weighted by Crippen LogP contribution is -2.33. The second-order valence-corrected chi connectivity index (χ2v) is 7.55. The molecule has 33 heavy (non-hydrogen) atoms. The van der Waals surface area contributed by atoms with Crippen molar-refractivity contribution < 1.29 is 35.7 Å². The summed E-state index contributed by atoms with van der Waals surface area (Å²) >= 11 is 0. The Balaban J connectivity index is 1.86. The smallest absolute Gasteiger partial charge is 0.366 e. The van der Waals surface area contributed by atoms with E-state index < -0.39 is 45.6 Å². The number of hydrazone groups is 1. The van der Waals surface area contributed by atoms with Crippen molar-refractivity contribution in [1.82, 2.24) is 0 Å². The Bertz CT molecular complexity index is 1070. The van der Waals surface area contributed by atoms with E-state index in [-0.39, 0.29) is 11.3 Å². The molecule has 0 saturated carbocycles. The molecule has 0 spiro atoms. The van der Waals surface area contributed by atoms with E-state index in [1.54, 1.807) is 5.43 Å². The number of hydrogen-bond donors (Lipinski definition) is 1. The van der Waals surface area contributed by atoms with Gasteiger partial charge in [-0.15, -0.1) is 0 Å². The molecule has 1 N–H and O–H groups in total. The number of nitro benzene ring substituents is 1. The minimum atomic E-state index is -5.66. The average Bonchev–Trinajstić information content (AvgIpc) is 2.74. The van der Waals surface area contributed by atoms with Gasteiger partial charge in [-0.1, -0.05) is 13.0 Å². The van der Waals surface area contributed by atoms with Crippen LogP contribution in [0.4, 0.5) is 47.8 Å². The highest BCUT2D eigenvalue weighted by molar-refractivity contribution is 5.83. The SMILES string of the molecule is CC1CCN(c2ccc(C=NNc3c(F)c(F)c(C(F)(F)F)c(F)c3F)cc2[N+](=O)[O-])CC1. The van der Waals surface area contributed by atoms with Crippen LogP contribution in [0.5, 0.6) is 0 Å². The monoisotopic (exact) mass is 478 g/mol. The minimum Gasteiger partial charge on any atom is -0.366 e. The summed E-state index contributed by atoms with van der Waals surface area (Å²) in [6.45, 7) is 3.33. The Hall–Kier alpha value is -3.38. The van der Waals surface area contributed by atoms with Crippen LogP contribution >= 0.6 is 0 Å². The van der Waals surface area contributed by atoms with Crippen molar-refractivity contribution in [3.05, 3.63) is 62.7 Å². The summed E-state index contributed by atoms with van der Waals surface area (Å²) in [5.41, 5.74) is -2.45. The fraction of sp³-hybridized carbons (Fsp3) is 0.350. The van der Waals surface area contributed by atoms with Crippen molar-refractivity contribution >= 4 is 23.3 Å². The van der Waals surface area contributed by atoms with Crippen molar-refractivity contribution in [2.24, 2.45) is 11.0 Å². The Morgan fingerprint density at radius 1 is 1.09 bits per heavy atom. The standard InChI is InChI=1S/C20H17F7N4O2/c1-10-4-6-30(7-5-10)12-3-2-11(8-13(12)31(32)33)9-28-29-19-17(23)15(21)14(20(25,26)27)16(22)18(19)24/h2-3,8-10,29H,4-7H2,1H3. The van der Waals surface area contributed by atoms with E-state index >= 15 is 0 Å². The van der Waals surface area contributed by atoms with Gasteiger partial charge in [0.1, 0.15) is 16.9 Å². The highest BCUT2D eigenvalue weighted by atomic mass is 19.4. The topological polar surface area (TPSA) is 70.8 Å². The molecular formula is C20H17F7N4O2. The Kier molecular flexibility index (Phi) is 6.79. The Morgan fingerprint density at radius 3 is 2.18 bits per heavy atom. The predicted octanol–water partition coefficient (Wildman–Crippen LogP) is 5.85. The van der Waals surface area contributed by atoms with Gasteiger partial charge < -0.3 is 4.90 Å². The molecule has 178 valence electrons. The van der Waals surface area contributed by atoms with Crippen LogP contribution in [-0.4, -0.2) is 24.2 Å². The number of rotatable bonds is 5. The number of nitro groups is 1. The zero-order valence-corrected chi connectivity index (χ0v) is 17.0. The van der Waals surface area contributed by atoms with Gasteiger partial charge in [0.05, 0.1) is 11.1 Å². The van der Waals surface area contributed by atoms with Gasteiger partial charge in [-0.2, -0.15) is 18.3 Å². The summed E-state index contributed by atoms with van der Waals surface area (Å²) in [7, 11) is 0. The van der Waals surface area contributed by atoms with Crippen LogP contribution < -0.4 is 10.3 Å². The molecule has 0 unspecified atom stereocenters. The molecule has 13 heteroatoms. The van der Waals surface area contributed by atoms with Crippen molar-refractivity contribution in [3.63, 3.8) is 0 Å². The summed E-state index contributed by atoms with van der Waals surface area (Å²) in [4.78, 5) is 12.7. The fourth-order valence-corrected chi connectivity index (χ4v) is 3.43. The molecule has 0 aliphatic carbocycles. The molecule has 2 aromatic carbocycles. The molecule has 1 saturated heterocycles. The highest BCUT2D eigenvalue weighted by Crippen LogP contribution is 2.38. The van der Waals surface area contributed by atoms with E-state index in [2.05, 4.69) is 12.0 Å². The van der Waals surface area contributed by atoms with Crippen molar-refractivity contribution in [3.8, 4) is 0 Å². The van der Waals surface area contributed by atoms with Gasteiger partial charge in [-0.05, 0) is 24.8 Å². The maximum absolute atomic E-state index is 13.9. The van der Waals surface area contributed by atoms with Gasteiger partial charge in [-0.25, -0.2) is 17.6 Å². The lowest BCUT2D eigenvalue weighted by atomic mass is 9.98. The number of anilines is 2. The lowest BCUT2D eigenvalue weighted by molar-refractivity contribution is -0.384. The van der Waals surface area contributed by atoms with E-state index in [0.29, 0.717) is 24.7 Å². The molecule has 1 aliphatic heterocycles. The molecule has 3 rings (SSSR count). The molecular weight excluding hydrogens is 461 g/mol. The normalized spacial score (nSPS) is 15.3. The third kappa shape index (κ3) is 5.01. The van der Waals surface area contributed by atoms with Gasteiger partial charge in [-0.3, -0.25) is 15.5 Å². The zero-order chi connectivity index (χ0) is 24.5. The molecule has 1 heterocycles. The summed E-state index contributed by atoms with van der Waals surface area (Å²) in [6, 6.07) is 4.03. The molecule has 0 amide bonds. The maximum Gasteiger partial charge on any atom is 0.422 e. The Morgan fingerprint density at radius 2 is 1.67 bits per heavy atom. The Labute approximate surface area is 182 Å². The maximum atomic E-state index is 13.9. The summed E-state index contributed by atoms with van der Waals surface area (Å²) in [5, 5.41) is 14.9. The second kappa shape index (κ2) is 9.24. The van der Waals surface area contributed by atoms with E-state index in [4.69, 9.17) is 0 Å². The van der Waals surface area contributed by atoms with E-state index in [9.17, 15) is 40.8 Å². The number of nitrogens with one attached hydrogen (secondary N) is 1.